The predicted molar refractivity (Wildman–Crippen MR) is 102 cm³/mol. The highest BCUT2D eigenvalue weighted by Crippen LogP contribution is 2.42. The number of amides is 1. The second kappa shape index (κ2) is 7.23. The van der Waals surface area contributed by atoms with Crippen molar-refractivity contribution in [2.45, 2.75) is 51.5 Å². The van der Waals surface area contributed by atoms with Crippen LogP contribution in [0.15, 0.2) is 6.20 Å². The van der Waals surface area contributed by atoms with Gasteiger partial charge in [0.05, 0.1) is 0 Å². The van der Waals surface area contributed by atoms with Gasteiger partial charge in [0, 0.05) is 49.2 Å². The summed E-state index contributed by atoms with van der Waals surface area (Å²) >= 11 is 1.79. The van der Waals surface area contributed by atoms with E-state index in [2.05, 4.69) is 21.7 Å². The summed E-state index contributed by atoms with van der Waals surface area (Å²) in [4.78, 5) is 23.3. The van der Waals surface area contributed by atoms with Crippen LogP contribution in [-0.4, -0.2) is 48.0 Å². The first-order valence-electron chi connectivity index (χ1n) is 9.89. The maximum absolute atomic E-state index is 13.0. The van der Waals surface area contributed by atoms with Crippen LogP contribution < -0.4 is 10.6 Å². The zero-order valence-corrected chi connectivity index (χ0v) is 16.0. The van der Waals surface area contributed by atoms with E-state index in [1.807, 2.05) is 6.20 Å². The van der Waals surface area contributed by atoms with E-state index in [9.17, 15) is 4.79 Å². The van der Waals surface area contributed by atoms with Crippen LogP contribution in [0.2, 0.25) is 0 Å². The van der Waals surface area contributed by atoms with Gasteiger partial charge < -0.3 is 15.5 Å². The molecule has 1 amide bonds. The lowest BCUT2D eigenvalue weighted by atomic mass is 9.65. The van der Waals surface area contributed by atoms with Crippen molar-refractivity contribution in [3.8, 4) is 0 Å². The fourth-order valence-corrected chi connectivity index (χ4v) is 5.88. The number of nitrogens with two attached hydrogens (primary N) is 1. The van der Waals surface area contributed by atoms with Crippen molar-refractivity contribution in [1.82, 2.24) is 9.88 Å². The molecule has 1 aromatic rings. The lowest BCUT2D eigenvalue weighted by Gasteiger charge is -2.45. The molecule has 6 heteroatoms. The molecule has 3 aliphatic rings. The number of piperazine rings is 1. The average molecular weight is 363 g/mol. The minimum absolute atomic E-state index is 0.216. The first-order valence-corrected chi connectivity index (χ1v) is 10.7. The quantitative estimate of drug-likeness (QED) is 0.897. The summed E-state index contributed by atoms with van der Waals surface area (Å²) in [5.41, 5.74) is 6.38. The third kappa shape index (κ3) is 3.43. The van der Waals surface area contributed by atoms with Crippen LogP contribution in [0.1, 0.15) is 43.9 Å². The van der Waals surface area contributed by atoms with Crippen LogP contribution in [0.4, 0.5) is 5.13 Å². The van der Waals surface area contributed by atoms with Crippen molar-refractivity contribution < 1.29 is 4.79 Å². The normalized spacial score (nSPS) is 32.7. The topological polar surface area (TPSA) is 62.5 Å². The van der Waals surface area contributed by atoms with Crippen molar-refractivity contribution in [3.05, 3.63) is 11.1 Å². The van der Waals surface area contributed by atoms with Crippen LogP contribution in [0.5, 0.6) is 0 Å². The molecule has 2 saturated carbocycles. The molecule has 2 N–H and O–H groups in total. The number of hydrogen-bond acceptors (Lipinski definition) is 5. The van der Waals surface area contributed by atoms with Gasteiger partial charge in [-0.1, -0.05) is 13.3 Å². The molecule has 0 radical (unpaired) electrons. The van der Waals surface area contributed by atoms with Crippen LogP contribution in [0, 0.1) is 17.8 Å². The Morgan fingerprint density at radius 3 is 2.52 bits per heavy atom. The summed E-state index contributed by atoms with van der Waals surface area (Å²) in [5, 5.41) is 1.11. The lowest BCUT2D eigenvalue weighted by molar-refractivity contribution is -0.138. The van der Waals surface area contributed by atoms with Crippen molar-refractivity contribution in [2.24, 2.45) is 23.5 Å². The van der Waals surface area contributed by atoms with Gasteiger partial charge in [-0.3, -0.25) is 4.79 Å². The molecule has 3 fully saturated rings. The highest BCUT2D eigenvalue weighted by atomic mass is 32.1. The number of anilines is 1. The van der Waals surface area contributed by atoms with E-state index in [1.165, 1.54) is 24.1 Å². The second-order valence-corrected chi connectivity index (χ2v) is 9.07. The number of carbonyl (C=O) groups is 1. The lowest BCUT2D eigenvalue weighted by Crippen LogP contribution is -2.53. The molecular weight excluding hydrogens is 332 g/mol. The first kappa shape index (κ1) is 17.3. The fraction of sp³-hybridized carbons (Fsp3) is 0.789. The first-order chi connectivity index (χ1) is 12.2. The van der Waals surface area contributed by atoms with Crippen molar-refractivity contribution in [1.29, 1.82) is 0 Å². The van der Waals surface area contributed by atoms with Crippen molar-refractivity contribution in [3.63, 3.8) is 0 Å². The Bertz CT molecular complexity index is 596. The summed E-state index contributed by atoms with van der Waals surface area (Å²) in [6.45, 7) is 5.64. The van der Waals surface area contributed by atoms with Crippen LogP contribution >= 0.6 is 11.3 Å². The minimum atomic E-state index is 0.216. The van der Waals surface area contributed by atoms with E-state index in [0.29, 0.717) is 23.8 Å². The Kier molecular flexibility index (Phi) is 5.00. The molecule has 0 spiro atoms. The van der Waals surface area contributed by atoms with Crippen molar-refractivity contribution in [2.75, 3.05) is 31.1 Å². The number of nitrogens with zero attached hydrogens (tertiary/aromatic N) is 3. The molecule has 1 saturated heterocycles. The molecule has 138 valence electrons. The number of rotatable bonds is 3. The van der Waals surface area contributed by atoms with Gasteiger partial charge in [-0.15, -0.1) is 11.3 Å². The fourth-order valence-electron chi connectivity index (χ4n) is 4.97. The summed E-state index contributed by atoms with van der Waals surface area (Å²) in [5.74, 6) is 1.75. The largest absolute Gasteiger partial charge is 0.345 e. The molecule has 2 heterocycles. The molecule has 1 aliphatic heterocycles. The van der Waals surface area contributed by atoms with Gasteiger partial charge in [-0.25, -0.2) is 4.98 Å². The highest BCUT2D eigenvalue weighted by Gasteiger charge is 2.41. The third-order valence-corrected chi connectivity index (χ3v) is 7.72. The SMILES string of the molecule is CCc1cnc(N2CCN(C(=O)C3CC4CCCC(C3)C4N)CC2)s1. The Morgan fingerprint density at radius 2 is 1.92 bits per heavy atom. The van der Waals surface area contributed by atoms with Crippen molar-refractivity contribution >= 4 is 22.4 Å². The molecule has 1 aromatic heterocycles. The van der Waals surface area contributed by atoms with Crippen LogP contribution in [-0.2, 0) is 11.2 Å². The van der Waals surface area contributed by atoms with Gasteiger partial charge in [0.25, 0.3) is 0 Å². The summed E-state index contributed by atoms with van der Waals surface area (Å²) in [6, 6.07) is 0.340. The van der Waals surface area contributed by atoms with Crippen LogP contribution in [0.3, 0.4) is 0 Å². The van der Waals surface area contributed by atoms with E-state index in [0.717, 1.165) is 50.6 Å². The zero-order chi connectivity index (χ0) is 17.4. The number of aromatic nitrogens is 1. The van der Waals surface area contributed by atoms with Gasteiger partial charge in [0.2, 0.25) is 5.91 Å². The molecular formula is C19H30N4OS. The highest BCUT2D eigenvalue weighted by molar-refractivity contribution is 7.15. The minimum Gasteiger partial charge on any atom is -0.345 e. The number of fused-ring (bicyclic) bond motifs is 2. The van der Waals surface area contributed by atoms with Crippen LogP contribution in [0.25, 0.3) is 0 Å². The molecule has 2 atom stereocenters. The third-order valence-electron chi connectivity index (χ3n) is 6.51. The Morgan fingerprint density at radius 1 is 1.24 bits per heavy atom. The predicted octanol–water partition coefficient (Wildman–Crippen LogP) is 2.51. The number of thiazole rings is 1. The molecule has 0 aromatic carbocycles. The van der Waals surface area contributed by atoms with E-state index < -0.39 is 0 Å². The molecule has 25 heavy (non-hydrogen) atoms. The van der Waals surface area contributed by atoms with E-state index >= 15 is 0 Å². The summed E-state index contributed by atoms with van der Waals surface area (Å²) < 4.78 is 0. The molecule has 2 unspecified atom stereocenters. The van der Waals surface area contributed by atoms with Gasteiger partial charge in [-0.05, 0) is 43.9 Å². The maximum atomic E-state index is 13.0. The molecule has 5 nitrogen and oxygen atoms in total. The Balaban J connectivity index is 1.33. The number of hydrogen-bond donors (Lipinski definition) is 1. The Labute approximate surface area is 154 Å². The molecule has 2 aliphatic carbocycles. The Hall–Kier alpha value is -1.14. The summed E-state index contributed by atoms with van der Waals surface area (Å²) in [7, 11) is 0. The van der Waals surface area contributed by atoms with Gasteiger partial charge in [-0.2, -0.15) is 0 Å². The zero-order valence-electron chi connectivity index (χ0n) is 15.2. The average Bonchev–Trinajstić information content (AvgIpc) is 3.10. The number of aryl methyl sites for hydroxylation is 1. The summed E-state index contributed by atoms with van der Waals surface area (Å²) in [6.07, 6.45) is 8.81. The standard InChI is InChI=1S/C19H30N4OS/c1-2-16-12-21-19(25-16)23-8-6-22(7-9-23)18(24)15-10-13-4-3-5-14(11-15)17(13)20/h12-15,17H,2-11,20H2,1H3. The van der Waals surface area contributed by atoms with Gasteiger partial charge >= 0.3 is 0 Å². The molecule has 4 rings (SSSR count). The smallest absolute Gasteiger partial charge is 0.225 e. The van der Waals surface area contributed by atoms with Gasteiger partial charge in [0.1, 0.15) is 0 Å². The number of carbonyl (C=O) groups excluding carboxylic acids is 1. The van der Waals surface area contributed by atoms with E-state index in [1.54, 1.807) is 11.3 Å². The maximum Gasteiger partial charge on any atom is 0.225 e. The molecule has 2 bridgehead atoms. The van der Waals surface area contributed by atoms with E-state index in [4.69, 9.17) is 5.73 Å². The van der Waals surface area contributed by atoms with E-state index in [-0.39, 0.29) is 5.92 Å². The second-order valence-electron chi connectivity index (χ2n) is 7.97. The monoisotopic (exact) mass is 362 g/mol. The van der Waals surface area contributed by atoms with Gasteiger partial charge in [0.15, 0.2) is 5.13 Å².